The fourth-order valence-corrected chi connectivity index (χ4v) is 10.8. The Balaban J connectivity index is 1.08. The smallest absolute Gasteiger partial charge is 0.207 e. The van der Waals surface area contributed by atoms with E-state index in [1.54, 1.807) is 12.1 Å². The zero-order valence-corrected chi connectivity index (χ0v) is 31.5. The molecule has 0 aliphatic carbocycles. The molecule has 5 heterocycles. The van der Waals surface area contributed by atoms with Crippen LogP contribution in [-0.2, 0) is 15.3 Å². The summed E-state index contributed by atoms with van der Waals surface area (Å²) in [5, 5.41) is 2.08. The van der Waals surface area contributed by atoms with E-state index in [9.17, 15) is 8.42 Å². The Labute approximate surface area is 323 Å². The molecule has 4 aromatic heterocycles. The summed E-state index contributed by atoms with van der Waals surface area (Å²) >= 11 is 0. The number of nitrogens with zero attached hydrogens (tertiary/aromatic N) is 4. The zero-order valence-electron chi connectivity index (χ0n) is 30.7. The lowest BCUT2D eigenvalue weighted by molar-refractivity contribution is 0.555. The van der Waals surface area contributed by atoms with Crippen molar-refractivity contribution in [3.8, 4) is 33.6 Å². The van der Waals surface area contributed by atoms with Crippen molar-refractivity contribution < 1.29 is 8.42 Å². The molecule has 0 saturated heterocycles. The number of hydrogen-bond donors (Lipinski definition) is 0. The molecule has 10 aromatic rings. The van der Waals surface area contributed by atoms with E-state index in [2.05, 4.69) is 108 Å². The van der Waals surface area contributed by atoms with E-state index in [1.165, 1.54) is 0 Å². The molecule has 0 N–H and O–H groups in total. The van der Waals surface area contributed by atoms with Gasteiger partial charge < -0.3 is 9.13 Å². The van der Waals surface area contributed by atoms with E-state index in [0.29, 0.717) is 9.79 Å². The predicted molar refractivity (Wildman–Crippen MR) is 226 cm³/mol. The van der Waals surface area contributed by atoms with Crippen molar-refractivity contribution in [1.82, 2.24) is 19.1 Å². The second kappa shape index (κ2) is 11.8. The molecule has 7 heteroatoms. The molecule has 0 unspecified atom stereocenters. The van der Waals surface area contributed by atoms with E-state index in [4.69, 9.17) is 9.97 Å². The normalized spacial score (nSPS) is 14.3. The maximum Gasteiger partial charge on any atom is 0.207 e. The molecule has 0 fully saturated rings. The summed E-state index contributed by atoms with van der Waals surface area (Å²) in [6.07, 6.45) is 3.65. The lowest BCUT2D eigenvalue weighted by Gasteiger charge is -2.35. The van der Waals surface area contributed by atoms with Crippen LogP contribution in [0.25, 0.3) is 77.5 Å². The fraction of sp³-hybridized carbons (Fsp3) is 0.0612. The summed E-state index contributed by atoms with van der Waals surface area (Å²) in [5.41, 5.74) is 12.9. The van der Waals surface area contributed by atoms with Crippen molar-refractivity contribution in [3.63, 3.8) is 0 Å². The summed E-state index contributed by atoms with van der Waals surface area (Å²) in [4.78, 5) is 10.3. The number of benzene rings is 6. The van der Waals surface area contributed by atoms with Crippen LogP contribution < -0.4 is 0 Å². The van der Waals surface area contributed by atoms with Crippen molar-refractivity contribution in [2.45, 2.75) is 29.1 Å². The van der Waals surface area contributed by atoms with Gasteiger partial charge in [-0.25, -0.2) is 8.42 Å². The Morgan fingerprint density at radius 2 is 0.893 bits per heavy atom. The highest BCUT2D eigenvalue weighted by Crippen LogP contribution is 2.48. The Bertz CT molecular complexity index is 3130. The minimum Gasteiger partial charge on any atom is -0.308 e. The molecule has 6 aromatic carbocycles. The quantitative estimate of drug-likeness (QED) is 0.180. The molecule has 1 aliphatic rings. The van der Waals surface area contributed by atoms with Crippen molar-refractivity contribution in [3.05, 3.63) is 181 Å². The molecule has 6 nitrogen and oxygen atoms in total. The summed E-state index contributed by atoms with van der Waals surface area (Å²) in [7, 11) is -3.83. The van der Waals surface area contributed by atoms with Crippen LogP contribution in [0.1, 0.15) is 25.0 Å². The van der Waals surface area contributed by atoms with E-state index in [1.807, 2.05) is 73.1 Å². The van der Waals surface area contributed by atoms with Crippen LogP contribution in [0.4, 0.5) is 0 Å². The van der Waals surface area contributed by atoms with Gasteiger partial charge in [0.25, 0.3) is 0 Å². The molecule has 0 bridgehead atoms. The molecule has 0 saturated carbocycles. The zero-order chi connectivity index (χ0) is 37.8. The van der Waals surface area contributed by atoms with E-state index in [-0.39, 0.29) is 0 Å². The third-order valence-corrected chi connectivity index (χ3v) is 13.5. The molecule has 0 amide bonds. The van der Waals surface area contributed by atoms with Crippen molar-refractivity contribution >= 4 is 53.7 Å². The van der Waals surface area contributed by atoms with E-state index in [0.717, 1.165) is 88.6 Å². The van der Waals surface area contributed by atoms with Crippen molar-refractivity contribution in [2.24, 2.45) is 0 Å². The average Bonchev–Trinajstić information content (AvgIpc) is 3.76. The van der Waals surface area contributed by atoms with Gasteiger partial charge in [0, 0.05) is 40.0 Å². The first-order chi connectivity index (χ1) is 27.3. The molecule has 0 atom stereocenters. The molecular weight excluding hydrogens is 709 g/mol. The highest BCUT2D eigenvalue weighted by molar-refractivity contribution is 7.91. The number of sulfone groups is 1. The van der Waals surface area contributed by atoms with Gasteiger partial charge in [-0.05, 0) is 118 Å². The van der Waals surface area contributed by atoms with Crippen LogP contribution in [0.2, 0.25) is 0 Å². The van der Waals surface area contributed by atoms with Crippen molar-refractivity contribution in [2.75, 3.05) is 0 Å². The summed E-state index contributed by atoms with van der Waals surface area (Å²) < 4.78 is 33.5. The van der Waals surface area contributed by atoms with Crippen LogP contribution >= 0.6 is 0 Å². The highest BCUT2D eigenvalue weighted by atomic mass is 32.2. The Morgan fingerprint density at radius 3 is 1.34 bits per heavy atom. The molecule has 1 aliphatic heterocycles. The first kappa shape index (κ1) is 32.6. The average molecular weight is 743 g/mol. The second-order valence-corrected chi connectivity index (χ2v) is 17.0. The molecule has 268 valence electrons. The maximum atomic E-state index is 14.5. The van der Waals surface area contributed by atoms with Crippen LogP contribution in [0.3, 0.4) is 0 Å². The van der Waals surface area contributed by atoms with Crippen LogP contribution in [0, 0.1) is 0 Å². The van der Waals surface area contributed by atoms with Crippen LogP contribution in [0.15, 0.2) is 180 Å². The van der Waals surface area contributed by atoms with Gasteiger partial charge in [0.05, 0.1) is 42.9 Å². The number of rotatable bonds is 4. The lowest BCUT2D eigenvalue weighted by atomic mass is 9.77. The number of pyridine rings is 2. The summed E-state index contributed by atoms with van der Waals surface area (Å²) in [6.45, 7) is 4.26. The standard InChI is InChI=1S/C49H34N4O2S/c1-49(2)39-29-35(52-41-21-17-33(31-11-5-3-6-12-31)27-37(41)47-43(52)15-9-25-50-47)19-23-45(39)56(54,55)46-24-20-36(30-40(46)49)53-42-22-18-34(32-13-7-4-8-14-32)28-38(42)48-44(53)16-10-26-51-48/h3-30H,1-2H3. The Morgan fingerprint density at radius 1 is 0.446 bits per heavy atom. The molecule has 11 rings (SSSR count). The third-order valence-electron chi connectivity index (χ3n) is 11.6. The van der Waals surface area contributed by atoms with E-state index >= 15 is 0 Å². The largest absolute Gasteiger partial charge is 0.308 e. The van der Waals surface area contributed by atoms with Gasteiger partial charge in [-0.15, -0.1) is 0 Å². The first-order valence-electron chi connectivity index (χ1n) is 18.7. The Kier molecular flexibility index (Phi) is 6.89. The fourth-order valence-electron chi connectivity index (χ4n) is 8.87. The van der Waals surface area contributed by atoms with Crippen LogP contribution in [-0.4, -0.2) is 27.5 Å². The lowest BCUT2D eigenvalue weighted by Crippen LogP contribution is -2.30. The van der Waals surface area contributed by atoms with Gasteiger partial charge in [0.15, 0.2) is 0 Å². The van der Waals surface area contributed by atoms with E-state index < -0.39 is 15.3 Å². The van der Waals surface area contributed by atoms with Gasteiger partial charge >= 0.3 is 0 Å². The number of aromatic nitrogens is 4. The third kappa shape index (κ3) is 4.64. The monoisotopic (exact) mass is 742 g/mol. The Hall–Kier alpha value is -6.83. The maximum absolute atomic E-state index is 14.5. The van der Waals surface area contributed by atoms with Crippen molar-refractivity contribution in [1.29, 1.82) is 0 Å². The number of hydrogen-bond acceptors (Lipinski definition) is 4. The molecule has 56 heavy (non-hydrogen) atoms. The summed E-state index contributed by atoms with van der Waals surface area (Å²) in [6, 6.07) is 53.3. The topological polar surface area (TPSA) is 69.8 Å². The van der Waals surface area contributed by atoms with Gasteiger partial charge in [-0.3, -0.25) is 9.97 Å². The molecule has 0 radical (unpaired) electrons. The highest BCUT2D eigenvalue weighted by Gasteiger charge is 2.41. The van der Waals surface area contributed by atoms with Gasteiger partial charge in [0.2, 0.25) is 9.84 Å². The second-order valence-electron chi connectivity index (χ2n) is 15.1. The SMILES string of the molecule is CC1(C)c2cc(-n3c4ccc(-c5ccccc5)cc4c4ncccc43)ccc2S(=O)(=O)c2ccc(-n3c4ccc(-c5ccccc5)cc4c4ncccc43)cc21. The predicted octanol–water partition coefficient (Wildman–Crippen LogP) is 11.5. The number of fused-ring (bicyclic) bond motifs is 8. The molecular formula is C49H34N4O2S. The first-order valence-corrected chi connectivity index (χ1v) is 20.2. The molecule has 0 spiro atoms. The van der Waals surface area contributed by atoms with Crippen LogP contribution in [0.5, 0.6) is 0 Å². The minimum absolute atomic E-state index is 0.339. The minimum atomic E-state index is -3.83. The van der Waals surface area contributed by atoms with Gasteiger partial charge in [0.1, 0.15) is 0 Å². The van der Waals surface area contributed by atoms with Gasteiger partial charge in [-0.2, -0.15) is 0 Å². The van der Waals surface area contributed by atoms with Gasteiger partial charge in [-0.1, -0.05) is 86.6 Å². The summed E-state index contributed by atoms with van der Waals surface area (Å²) in [5.74, 6) is 0.